The zero-order valence-corrected chi connectivity index (χ0v) is 11.4. The second-order valence-corrected chi connectivity index (χ2v) is 5.72. The quantitative estimate of drug-likeness (QED) is 0.881. The van der Waals surface area contributed by atoms with Gasteiger partial charge in [0.05, 0.1) is 4.90 Å². The maximum absolute atomic E-state index is 10.9. The van der Waals surface area contributed by atoms with Crippen molar-refractivity contribution in [2.45, 2.75) is 11.5 Å². The minimum absolute atomic E-state index is 0.161. The fraction of sp³-hybridized carbons (Fsp3) is 0.0769. The van der Waals surface area contributed by atoms with Crippen molar-refractivity contribution in [1.29, 1.82) is 0 Å². The van der Waals surface area contributed by atoms with Crippen LogP contribution in [0.25, 0.3) is 0 Å². The first-order chi connectivity index (χ1) is 8.95. The predicted molar refractivity (Wildman–Crippen MR) is 72.0 cm³/mol. The van der Waals surface area contributed by atoms with Crippen LogP contribution < -0.4 is 4.74 Å². The van der Waals surface area contributed by atoms with Crippen molar-refractivity contribution in [3.63, 3.8) is 0 Å². The van der Waals surface area contributed by atoms with Crippen LogP contribution >= 0.6 is 11.6 Å². The molecule has 2 aromatic rings. The molecule has 0 heterocycles. The second-order valence-electron chi connectivity index (χ2n) is 3.86. The average molecular weight is 299 g/mol. The summed E-state index contributed by atoms with van der Waals surface area (Å²) >= 11 is 5.77. The molecule has 0 aliphatic rings. The van der Waals surface area contributed by atoms with Gasteiger partial charge in [-0.3, -0.25) is 4.55 Å². The van der Waals surface area contributed by atoms with E-state index >= 15 is 0 Å². The summed E-state index contributed by atoms with van der Waals surface area (Å²) in [5, 5.41) is 0.654. The van der Waals surface area contributed by atoms with E-state index in [4.69, 9.17) is 20.9 Å². The van der Waals surface area contributed by atoms with E-state index in [1.807, 2.05) is 12.1 Å². The molecule has 2 aromatic carbocycles. The van der Waals surface area contributed by atoms with E-state index in [2.05, 4.69) is 0 Å². The Morgan fingerprint density at radius 2 is 1.58 bits per heavy atom. The number of ether oxygens (including phenoxy) is 1. The topological polar surface area (TPSA) is 63.6 Å². The van der Waals surface area contributed by atoms with Crippen molar-refractivity contribution in [3.05, 3.63) is 59.1 Å². The summed E-state index contributed by atoms with van der Waals surface area (Å²) in [6, 6.07) is 12.8. The van der Waals surface area contributed by atoms with Crippen LogP contribution in [0.3, 0.4) is 0 Å². The molecule has 0 amide bonds. The van der Waals surface area contributed by atoms with Crippen LogP contribution in [-0.4, -0.2) is 13.0 Å². The molecule has 0 aliphatic carbocycles. The summed E-state index contributed by atoms with van der Waals surface area (Å²) in [6.45, 7) is 0.350. The highest BCUT2D eigenvalue weighted by Gasteiger charge is 2.08. The van der Waals surface area contributed by atoms with Crippen LogP contribution in [0.2, 0.25) is 5.02 Å². The lowest BCUT2D eigenvalue weighted by atomic mass is 10.2. The van der Waals surface area contributed by atoms with Crippen molar-refractivity contribution >= 4 is 21.7 Å². The maximum Gasteiger partial charge on any atom is 0.294 e. The van der Waals surface area contributed by atoms with E-state index < -0.39 is 10.1 Å². The SMILES string of the molecule is O=S(=O)(O)c1ccc(OCc2ccc(Cl)cc2)cc1. The zero-order valence-electron chi connectivity index (χ0n) is 9.78. The molecule has 1 N–H and O–H groups in total. The smallest absolute Gasteiger partial charge is 0.294 e. The first-order valence-electron chi connectivity index (χ1n) is 5.40. The Morgan fingerprint density at radius 1 is 1.00 bits per heavy atom. The van der Waals surface area contributed by atoms with E-state index in [0.29, 0.717) is 17.4 Å². The normalized spacial score (nSPS) is 11.3. The maximum atomic E-state index is 10.9. The highest BCUT2D eigenvalue weighted by Crippen LogP contribution is 2.17. The molecule has 0 radical (unpaired) electrons. The highest BCUT2D eigenvalue weighted by molar-refractivity contribution is 7.85. The van der Waals surface area contributed by atoms with Crippen molar-refractivity contribution in [2.75, 3.05) is 0 Å². The van der Waals surface area contributed by atoms with E-state index in [9.17, 15) is 8.42 Å². The molecule has 0 fully saturated rings. The molecule has 19 heavy (non-hydrogen) atoms. The average Bonchev–Trinajstić information content (AvgIpc) is 2.37. The fourth-order valence-electron chi connectivity index (χ4n) is 1.46. The molecule has 0 saturated carbocycles. The molecule has 0 spiro atoms. The largest absolute Gasteiger partial charge is 0.489 e. The van der Waals surface area contributed by atoms with Crippen LogP contribution in [-0.2, 0) is 16.7 Å². The summed E-state index contributed by atoms with van der Waals surface area (Å²) in [5.74, 6) is 0.516. The van der Waals surface area contributed by atoms with Gasteiger partial charge >= 0.3 is 0 Å². The summed E-state index contributed by atoms with van der Waals surface area (Å²) in [4.78, 5) is -0.161. The third kappa shape index (κ3) is 3.96. The number of benzene rings is 2. The van der Waals surface area contributed by atoms with Crippen molar-refractivity contribution in [1.82, 2.24) is 0 Å². The first-order valence-corrected chi connectivity index (χ1v) is 7.22. The highest BCUT2D eigenvalue weighted by atomic mass is 35.5. The molecule has 4 nitrogen and oxygen atoms in total. The van der Waals surface area contributed by atoms with Gasteiger partial charge in [-0.05, 0) is 42.0 Å². The number of halogens is 1. The summed E-state index contributed by atoms with van der Waals surface area (Å²) in [6.07, 6.45) is 0. The molecule has 0 atom stereocenters. The van der Waals surface area contributed by atoms with Crippen LogP contribution in [0.5, 0.6) is 5.75 Å². The van der Waals surface area contributed by atoms with Gasteiger partial charge in [0.1, 0.15) is 12.4 Å². The van der Waals surface area contributed by atoms with Gasteiger partial charge in [0.25, 0.3) is 10.1 Å². The van der Waals surface area contributed by atoms with E-state index in [0.717, 1.165) is 5.56 Å². The van der Waals surface area contributed by atoms with E-state index in [1.54, 1.807) is 12.1 Å². The van der Waals surface area contributed by atoms with Gasteiger partial charge in [-0.2, -0.15) is 8.42 Å². The van der Waals surface area contributed by atoms with Gasteiger partial charge in [0, 0.05) is 5.02 Å². The van der Waals surface area contributed by atoms with Gasteiger partial charge in [-0.25, -0.2) is 0 Å². The Kier molecular flexibility index (Phi) is 4.09. The van der Waals surface area contributed by atoms with Gasteiger partial charge in [0.15, 0.2) is 0 Å². The lowest BCUT2D eigenvalue weighted by Gasteiger charge is -2.06. The second kappa shape index (κ2) is 5.61. The molecular formula is C13H11ClO4S. The molecule has 2 rings (SSSR count). The number of hydrogen-bond acceptors (Lipinski definition) is 3. The van der Waals surface area contributed by atoms with Crippen LogP contribution in [0.4, 0.5) is 0 Å². The predicted octanol–water partition coefficient (Wildman–Crippen LogP) is 3.17. The molecule has 0 aliphatic heterocycles. The van der Waals surface area contributed by atoms with Gasteiger partial charge in [-0.15, -0.1) is 0 Å². The lowest BCUT2D eigenvalue weighted by molar-refractivity contribution is 0.306. The lowest BCUT2D eigenvalue weighted by Crippen LogP contribution is -1.99. The standard InChI is InChI=1S/C13H11ClO4S/c14-11-3-1-10(2-4-11)9-18-12-5-7-13(8-6-12)19(15,16)17/h1-8H,9H2,(H,15,16,17). The van der Waals surface area contributed by atoms with Crippen LogP contribution in [0.1, 0.15) is 5.56 Å². The number of hydrogen-bond donors (Lipinski definition) is 1. The Hall–Kier alpha value is -1.56. The minimum Gasteiger partial charge on any atom is -0.489 e. The van der Waals surface area contributed by atoms with E-state index in [1.165, 1.54) is 24.3 Å². The van der Waals surface area contributed by atoms with Gasteiger partial charge < -0.3 is 4.74 Å². The van der Waals surface area contributed by atoms with Gasteiger partial charge in [0.2, 0.25) is 0 Å². The van der Waals surface area contributed by atoms with Crippen molar-refractivity contribution < 1.29 is 17.7 Å². The molecule has 0 saturated heterocycles. The third-order valence-electron chi connectivity index (χ3n) is 2.44. The Labute approximate surface area is 116 Å². The van der Waals surface area contributed by atoms with Crippen molar-refractivity contribution in [3.8, 4) is 5.75 Å². The minimum atomic E-state index is -4.16. The summed E-state index contributed by atoms with van der Waals surface area (Å²) in [7, 11) is -4.16. The Balaban J connectivity index is 2.02. The Morgan fingerprint density at radius 3 is 2.11 bits per heavy atom. The molecular weight excluding hydrogens is 288 g/mol. The van der Waals surface area contributed by atoms with Crippen molar-refractivity contribution in [2.24, 2.45) is 0 Å². The van der Waals surface area contributed by atoms with Gasteiger partial charge in [-0.1, -0.05) is 23.7 Å². The Bertz CT molecular complexity index is 648. The first kappa shape index (κ1) is 13.9. The van der Waals surface area contributed by atoms with Crippen LogP contribution in [0, 0.1) is 0 Å². The third-order valence-corrected chi connectivity index (χ3v) is 3.56. The monoisotopic (exact) mass is 298 g/mol. The molecule has 0 aromatic heterocycles. The molecule has 6 heteroatoms. The summed E-state index contributed by atoms with van der Waals surface area (Å²) < 4.78 is 36.0. The van der Waals surface area contributed by atoms with E-state index in [-0.39, 0.29) is 4.90 Å². The zero-order chi connectivity index (χ0) is 13.9. The molecule has 100 valence electrons. The summed E-state index contributed by atoms with van der Waals surface area (Å²) in [5.41, 5.74) is 0.947. The molecule has 0 bridgehead atoms. The molecule has 0 unspecified atom stereocenters. The fourth-order valence-corrected chi connectivity index (χ4v) is 2.06. The number of rotatable bonds is 4. The van der Waals surface area contributed by atoms with Crippen LogP contribution in [0.15, 0.2) is 53.4 Å².